The molecule has 0 aliphatic rings. The van der Waals surface area contributed by atoms with Gasteiger partial charge in [0.1, 0.15) is 0 Å². The fraction of sp³-hybridized carbons (Fsp3) is 0. The van der Waals surface area contributed by atoms with Crippen LogP contribution in [0, 0.1) is 0 Å². The summed E-state index contributed by atoms with van der Waals surface area (Å²) in [5.74, 6) is 0. The number of benzene rings is 10. The molecule has 61 heavy (non-hydrogen) atoms. The summed E-state index contributed by atoms with van der Waals surface area (Å²) in [5.41, 5.74) is 8.19. The molecule has 0 aliphatic heterocycles. The summed E-state index contributed by atoms with van der Waals surface area (Å²) in [5, 5.41) is 8.35. The van der Waals surface area contributed by atoms with E-state index < -0.39 is 59.9 Å². The molecule has 10 aromatic carbocycles. The van der Waals surface area contributed by atoms with E-state index in [1.807, 2.05) is 97.1 Å². The van der Waals surface area contributed by atoms with Crippen molar-refractivity contribution in [3.05, 3.63) is 236 Å². The van der Waals surface area contributed by atoms with Gasteiger partial charge in [0, 0.05) is 54.2 Å². The van der Waals surface area contributed by atoms with Crippen LogP contribution in [0.15, 0.2) is 236 Å². The molecule has 0 radical (unpaired) electrons. The number of nitrogens with zero attached hydrogens (tertiary/aromatic N) is 1. The van der Waals surface area contributed by atoms with Crippen LogP contribution in [-0.2, 0) is 0 Å². The van der Waals surface area contributed by atoms with E-state index in [2.05, 4.69) is 90.2 Å². The van der Waals surface area contributed by atoms with Crippen LogP contribution in [-0.4, -0.2) is 0 Å². The van der Waals surface area contributed by atoms with Crippen molar-refractivity contribution in [1.82, 2.24) is 0 Å². The van der Waals surface area contributed by atoms with Gasteiger partial charge in [0.05, 0.1) is 12.3 Å². The number of para-hydroxylation sites is 1. The molecule has 3 heteroatoms. The zero-order valence-corrected chi connectivity index (χ0v) is 33.5. The number of anilines is 5. The summed E-state index contributed by atoms with van der Waals surface area (Å²) >= 11 is 1.76. The molecule has 11 aromatic rings. The summed E-state index contributed by atoms with van der Waals surface area (Å²) in [6.45, 7) is 0. The first-order valence-electron chi connectivity index (χ1n) is 24.5. The van der Waals surface area contributed by atoms with Gasteiger partial charge in [-0.25, -0.2) is 0 Å². The molecular formula is C58H40N2S. The maximum Gasteiger partial charge on any atom is 0.0645 e. The Morgan fingerprint density at radius 2 is 0.984 bits per heavy atom. The van der Waals surface area contributed by atoms with Crippen molar-refractivity contribution in [3.63, 3.8) is 0 Å². The minimum atomic E-state index is -0.628. The molecule has 288 valence electrons. The maximum absolute atomic E-state index is 9.49. The number of nitrogens with one attached hydrogen (secondary N) is 1. The largest absolute Gasteiger partial charge is 0.355 e. The average Bonchev–Trinajstić information content (AvgIpc) is 3.79. The van der Waals surface area contributed by atoms with Gasteiger partial charge in [-0.3, -0.25) is 0 Å². The quantitative estimate of drug-likeness (QED) is 0.156. The highest BCUT2D eigenvalue weighted by atomic mass is 32.1. The Labute approximate surface area is 372 Å². The predicted molar refractivity (Wildman–Crippen MR) is 263 cm³/mol. The van der Waals surface area contributed by atoms with Crippen LogP contribution >= 0.6 is 11.3 Å². The fourth-order valence-electron chi connectivity index (χ4n) is 8.07. The summed E-state index contributed by atoms with van der Waals surface area (Å²) in [7, 11) is 0. The van der Waals surface area contributed by atoms with Crippen LogP contribution in [0.25, 0.3) is 75.5 Å². The zero-order chi connectivity index (χ0) is 48.4. The second kappa shape index (κ2) is 15.8. The van der Waals surface area contributed by atoms with Gasteiger partial charge in [-0.1, -0.05) is 182 Å². The summed E-state index contributed by atoms with van der Waals surface area (Å²) in [6, 6.07) is 56.1. The van der Waals surface area contributed by atoms with Crippen molar-refractivity contribution in [2.24, 2.45) is 0 Å². The predicted octanol–water partition coefficient (Wildman–Crippen LogP) is 17.1. The first-order chi connectivity index (χ1) is 34.0. The van der Waals surface area contributed by atoms with Crippen molar-refractivity contribution in [2.75, 3.05) is 10.2 Å². The number of thiophene rings is 1. The average molecular weight is 806 g/mol. The Balaban J connectivity index is 1.02. The molecule has 0 aliphatic carbocycles. The molecule has 1 N–H and O–H groups in total. The van der Waals surface area contributed by atoms with Crippen LogP contribution in [0.3, 0.4) is 0 Å². The molecule has 0 fully saturated rings. The Morgan fingerprint density at radius 3 is 1.79 bits per heavy atom. The van der Waals surface area contributed by atoms with Crippen molar-refractivity contribution in [3.8, 4) is 44.5 Å². The molecule has 11 rings (SSSR count). The highest BCUT2D eigenvalue weighted by Crippen LogP contribution is 2.44. The SMILES string of the molecule is [2H]c1c([2H])c([2H])c(-c2c([2H])c([2H])c(N(c3ccc(-c4cccc(Nc5ccccc5-c5ccccc5)c4)cc3)c3ccc(-c4cccc5c4sc4c6ccccc6ccc54)cc3)c([2H])c2[2H])c([2H])c1[2H]. The van der Waals surface area contributed by atoms with Crippen LogP contribution < -0.4 is 10.2 Å². The van der Waals surface area contributed by atoms with Gasteiger partial charge < -0.3 is 10.2 Å². The number of fused-ring (bicyclic) bond motifs is 5. The van der Waals surface area contributed by atoms with Gasteiger partial charge in [-0.2, -0.15) is 0 Å². The second-order valence-electron chi connectivity index (χ2n) is 14.7. The Hall–Kier alpha value is -7.72. The number of rotatable bonds is 9. The first kappa shape index (κ1) is 27.9. The topological polar surface area (TPSA) is 15.3 Å². The smallest absolute Gasteiger partial charge is 0.0645 e. The molecular weight excluding hydrogens is 757 g/mol. The lowest BCUT2D eigenvalue weighted by Gasteiger charge is -2.26. The first-order valence-corrected chi connectivity index (χ1v) is 20.8. The van der Waals surface area contributed by atoms with Gasteiger partial charge >= 0.3 is 0 Å². The Kier molecular flexibility index (Phi) is 7.22. The Morgan fingerprint density at radius 1 is 0.377 bits per heavy atom. The van der Waals surface area contributed by atoms with E-state index in [1.165, 1.54) is 20.9 Å². The molecule has 0 saturated heterocycles. The van der Waals surface area contributed by atoms with Gasteiger partial charge in [0.25, 0.3) is 0 Å². The lowest BCUT2D eigenvalue weighted by atomic mass is 10.0. The standard InChI is InChI=1S/C58H40N2S/c1-3-13-40(14-4-1)41-25-32-48(33-26-41)60(50-36-29-45(30-37-50)53-22-12-23-54-55-38-31-44-17-7-8-21-52(44)58(55)61-57(53)54)49-34-27-42(28-35-49)46-18-11-19-47(39-46)59-56-24-10-9-20-51(56)43-15-5-2-6-16-43/h1-39,59H/i1D,3D,4D,13D,14D,25D,26D,32D,33D. The highest BCUT2D eigenvalue weighted by Gasteiger charge is 2.16. The van der Waals surface area contributed by atoms with Gasteiger partial charge in [-0.05, 0) is 104 Å². The number of hydrogen-bond donors (Lipinski definition) is 1. The molecule has 0 atom stereocenters. The van der Waals surface area contributed by atoms with Crippen molar-refractivity contribution >= 4 is 70.7 Å². The maximum atomic E-state index is 9.49. The van der Waals surface area contributed by atoms with Crippen molar-refractivity contribution < 1.29 is 12.3 Å². The lowest BCUT2D eigenvalue weighted by molar-refractivity contribution is 1.28. The Bertz CT molecular complexity index is 3800. The minimum absolute atomic E-state index is 0.0617. The van der Waals surface area contributed by atoms with Crippen LogP contribution in [0.5, 0.6) is 0 Å². The number of hydrogen-bond acceptors (Lipinski definition) is 3. The molecule has 0 saturated carbocycles. The third-order valence-electron chi connectivity index (χ3n) is 11.0. The minimum Gasteiger partial charge on any atom is -0.355 e. The van der Waals surface area contributed by atoms with Crippen LogP contribution in [0.2, 0.25) is 0 Å². The summed E-state index contributed by atoms with van der Waals surface area (Å²) in [6.07, 6.45) is 0. The monoisotopic (exact) mass is 805 g/mol. The normalized spacial score (nSPS) is 13.3. The van der Waals surface area contributed by atoms with Gasteiger partial charge in [0.15, 0.2) is 0 Å². The molecule has 0 bridgehead atoms. The molecule has 2 nitrogen and oxygen atoms in total. The van der Waals surface area contributed by atoms with E-state index in [9.17, 15) is 5.48 Å². The summed E-state index contributed by atoms with van der Waals surface area (Å²) < 4.78 is 82.0. The molecule has 0 amide bonds. The van der Waals surface area contributed by atoms with E-state index in [4.69, 9.17) is 6.85 Å². The van der Waals surface area contributed by atoms with E-state index in [0.29, 0.717) is 11.4 Å². The van der Waals surface area contributed by atoms with Crippen molar-refractivity contribution in [1.29, 1.82) is 0 Å². The fourth-order valence-corrected chi connectivity index (χ4v) is 9.44. The highest BCUT2D eigenvalue weighted by molar-refractivity contribution is 7.27. The van der Waals surface area contributed by atoms with Gasteiger partial charge in [-0.15, -0.1) is 11.3 Å². The zero-order valence-electron chi connectivity index (χ0n) is 41.7. The van der Waals surface area contributed by atoms with Crippen LogP contribution in [0.1, 0.15) is 12.3 Å². The lowest BCUT2D eigenvalue weighted by Crippen LogP contribution is -2.09. The van der Waals surface area contributed by atoms with Gasteiger partial charge in [0.2, 0.25) is 0 Å². The third kappa shape index (κ3) is 7.01. The van der Waals surface area contributed by atoms with E-state index in [1.54, 1.807) is 16.2 Å². The van der Waals surface area contributed by atoms with E-state index in [-0.39, 0.29) is 11.3 Å². The third-order valence-corrected chi connectivity index (χ3v) is 12.3. The van der Waals surface area contributed by atoms with E-state index in [0.717, 1.165) is 54.8 Å². The van der Waals surface area contributed by atoms with E-state index >= 15 is 0 Å². The molecule has 1 heterocycles. The molecule has 0 unspecified atom stereocenters. The van der Waals surface area contributed by atoms with Crippen molar-refractivity contribution in [2.45, 2.75) is 0 Å². The summed E-state index contributed by atoms with van der Waals surface area (Å²) in [4.78, 5) is 1.69. The second-order valence-corrected chi connectivity index (χ2v) is 15.7. The molecule has 0 spiro atoms. The molecule has 1 aromatic heterocycles. The van der Waals surface area contributed by atoms with Crippen LogP contribution in [0.4, 0.5) is 28.4 Å².